The summed E-state index contributed by atoms with van der Waals surface area (Å²) in [6, 6.07) is 11.1. The van der Waals surface area contributed by atoms with E-state index in [0.717, 1.165) is 28.1 Å². The molecule has 1 aliphatic rings. The van der Waals surface area contributed by atoms with Gasteiger partial charge in [-0.25, -0.2) is 4.39 Å². The Balaban J connectivity index is 1.82. The van der Waals surface area contributed by atoms with Crippen molar-refractivity contribution in [2.24, 2.45) is 5.92 Å². The standard InChI is InChI=1S/C20H22FNO2/c1-12-7-18-17(19(21)8-12)9-13(2)20(18)24-16-6-4-5-15(10-16)22-11-14(3)23/h4-8,10,13,20,22H,9,11H2,1-3H3/t13-,20?/m1/s1. The largest absolute Gasteiger partial charge is 0.485 e. The van der Waals surface area contributed by atoms with Crippen molar-refractivity contribution in [1.82, 2.24) is 0 Å². The first-order valence-electron chi connectivity index (χ1n) is 8.23. The van der Waals surface area contributed by atoms with E-state index in [1.807, 2.05) is 37.3 Å². The van der Waals surface area contributed by atoms with Crippen LogP contribution < -0.4 is 10.1 Å². The molecule has 3 nitrogen and oxygen atoms in total. The van der Waals surface area contributed by atoms with E-state index in [2.05, 4.69) is 12.2 Å². The van der Waals surface area contributed by atoms with Gasteiger partial charge in [0.25, 0.3) is 0 Å². The minimum atomic E-state index is -0.155. The smallest absolute Gasteiger partial charge is 0.148 e. The van der Waals surface area contributed by atoms with E-state index in [1.54, 1.807) is 13.0 Å². The third kappa shape index (κ3) is 3.42. The van der Waals surface area contributed by atoms with E-state index in [0.29, 0.717) is 6.42 Å². The molecule has 1 N–H and O–H groups in total. The Morgan fingerprint density at radius 3 is 2.88 bits per heavy atom. The molecule has 2 aromatic rings. The molecule has 0 fully saturated rings. The van der Waals surface area contributed by atoms with E-state index in [9.17, 15) is 9.18 Å². The molecule has 0 amide bonds. The van der Waals surface area contributed by atoms with Gasteiger partial charge in [0.05, 0.1) is 6.54 Å². The van der Waals surface area contributed by atoms with Crippen molar-refractivity contribution in [1.29, 1.82) is 0 Å². The minimum absolute atomic E-state index is 0.0746. The van der Waals surface area contributed by atoms with Crippen LogP contribution >= 0.6 is 0 Å². The third-order valence-electron chi connectivity index (χ3n) is 4.36. The maximum Gasteiger partial charge on any atom is 0.148 e. The van der Waals surface area contributed by atoms with Gasteiger partial charge in [-0.05, 0) is 55.2 Å². The fourth-order valence-corrected chi connectivity index (χ4v) is 3.24. The summed E-state index contributed by atoms with van der Waals surface area (Å²) in [6.45, 7) is 5.81. The number of aryl methyl sites for hydroxylation is 1. The SMILES string of the molecule is CC(=O)CNc1cccc(OC2c3cc(C)cc(F)c3C[C@H]2C)c1. The second-order valence-corrected chi connectivity index (χ2v) is 6.62. The number of carbonyl (C=O) groups excluding carboxylic acids is 1. The van der Waals surface area contributed by atoms with Crippen LogP contribution in [0.3, 0.4) is 0 Å². The second-order valence-electron chi connectivity index (χ2n) is 6.62. The first kappa shape index (κ1) is 16.5. The van der Waals surface area contributed by atoms with Gasteiger partial charge in [-0.15, -0.1) is 0 Å². The average Bonchev–Trinajstić information content (AvgIpc) is 2.83. The van der Waals surface area contributed by atoms with Gasteiger partial charge in [-0.3, -0.25) is 4.79 Å². The number of fused-ring (bicyclic) bond motifs is 1. The van der Waals surface area contributed by atoms with Crippen molar-refractivity contribution < 1.29 is 13.9 Å². The van der Waals surface area contributed by atoms with Crippen molar-refractivity contribution in [3.8, 4) is 5.75 Å². The first-order valence-corrected chi connectivity index (χ1v) is 8.23. The Hall–Kier alpha value is -2.36. The summed E-state index contributed by atoms with van der Waals surface area (Å²) < 4.78 is 20.4. The number of halogens is 1. The monoisotopic (exact) mass is 327 g/mol. The lowest BCUT2D eigenvalue weighted by atomic mass is 10.0. The normalized spacial score (nSPS) is 19.0. The zero-order chi connectivity index (χ0) is 17.3. The molecule has 0 bridgehead atoms. The van der Waals surface area contributed by atoms with E-state index in [-0.39, 0.29) is 30.2 Å². The zero-order valence-corrected chi connectivity index (χ0v) is 14.2. The van der Waals surface area contributed by atoms with Crippen molar-refractivity contribution >= 4 is 11.5 Å². The number of ketones is 1. The van der Waals surface area contributed by atoms with Crippen LogP contribution in [-0.2, 0) is 11.2 Å². The Morgan fingerprint density at radius 1 is 1.33 bits per heavy atom. The zero-order valence-electron chi connectivity index (χ0n) is 14.2. The van der Waals surface area contributed by atoms with Crippen molar-refractivity contribution in [3.05, 3.63) is 58.9 Å². The van der Waals surface area contributed by atoms with Gasteiger partial charge in [0.1, 0.15) is 23.5 Å². The van der Waals surface area contributed by atoms with Crippen molar-refractivity contribution in [2.75, 3.05) is 11.9 Å². The van der Waals surface area contributed by atoms with E-state index in [1.165, 1.54) is 0 Å². The summed E-state index contributed by atoms with van der Waals surface area (Å²) >= 11 is 0. The first-order chi connectivity index (χ1) is 11.4. The molecule has 24 heavy (non-hydrogen) atoms. The molecule has 0 saturated heterocycles. The molecule has 0 heterocycles. The van der Waals surface area contributed by atoms with Crippen molar-refractivity contribution in [2.45, 2.75) is 33.3 Å². The molecule has 1 aliphatic carbocycles. The molecule has 0 radical (unpaired) electrons. The highest BCUT2D eigenvalue weighted by Gasteiger charge is 2.33. The highest BCUT2D eigenvalue weighted by molar-refractivity contribution is 5.80. The number of Topliss-reactive ketones (excluding diaryl/α,β-unsaturated/α-hetero) is 1. The molecule has 0 aliphatic heterocycles. The van der Waals surface area contributed by atoms with Crippen LogP contribution in [0.4, 0.5) is 10.1 Å². The molecule has 0 saturated carbocycles. The Labute approximate surface area is 141 Å². The Kier molecular flexibility index (Phi) is 4.56. The quantitative estimate of drug-likeness (QED) is 0.882. The number of hydrogen-bond acceptors (Lipinski definition) is 3. The molecular formula is C20H22FNO2. The molecule has 2 aromatic carbocycles. The Bertz CT molecular complexity index is 772. The van der Waals surface area contributed by atoms with E-state index >= 15 is 0 Å². The van der Waals surface area contributed by atoms with E-state index < -0.39 is 0 Å². The number of anilines is 1. The van der Waals surface area contributed by atoms with Gasteiger partial charge in [0, 0.05) is 17.7 Å². The summed E-state index contributed by atoms with van der Waals surface area (Å²) in [5.41, 5.74) is 3.46. The molecule has 1 unspecified atom stereocenters. The fourth-order valence-electron chi connectivity index (χ4n) is 3.24. The van der Waals surface area contributed by atoms with Gasteiger partial charge < -0.3 is 10.1 Å². The number of ether oxygens (including phenoxy) is 1. The van der Waals surface area contributed by atoms with Gasteiger partial charge >= 0.3 is 0 Å². The highest BCUT2D eigenvalue weighted by Crippen LogP contribution is 2.41. The number of rotatable bonds is 5. The number of nitrogens with one attached hydrogen (secondary N) is 1. The molecule has 0 aromatic heterocycles. The maximum absolute atomic E-state index is 14.2. The highest BCUT2D eigenvalue weighted by atomic mass is 19.1. The summed E-state index contributed by atoms with van der Waals surface area (Å²) in [7, 11) is 0. The van der Waals surface area contributed by atoms with Crippen LogP contribution in [0.5, 0.6) is 5.75 Å². The van der Waals surface area contributed by atoms with Crippen LogP contribution in [0.1, 0.15) is 36.6 Å². The molecule has 126 valence electrons. The molecule has 4 heteroatoms. The second kappa shape index (κ2) is 6.63. The Morgan fingerprint density at radius 2 is 2.12 bits per heavy atom. The van der Waals surface area contributed by atoms with E-state index in [4.69, 9.17) is 4.74 Å². The summed E-state index contributed by atoms with van der Waals surface area (Å²) in [5, 5.41) is 3.07. The van der Waals surface area contributed by atoms with Gasteiger partial charge in [-0.1, -0.05) is 19.1 Å². The lowest BCUT2D eigenvalue weighted by molar-refractivity contribution is -0.115. The molecular weight excluding hydrogens is 305 g/mol. The van der Waals surface area contributed by atoms with Gasteiger partial charge in [0.2, 0.25) is 0 Å². The summed E-state index contributed by atoms with van der Waals surface area (Å²) in [6.07, 6.45) is 0.534. The van der Waals surface area contributed by atoms with Crippen LogP contribution in [0.25, 0.3) is 0 Å². The predicted octanol–water partition coefficient (Wildman–Crippen LogP) is 4.45. The minimum Gasteiger partial charge on any atom is -0.485 e. The summed E-state index contributed by atoms with van der Waals surface area (Å²) in [4.78, 5) is 11.1. The average molecular weight is 327 g/mol. The van der Waals surface area contributed by atoms with Crippen LogP contribution in [0.15, 0.2) is 36.4 Å². The van der Waals surface area contributed by atoms with Crippen LogP contribution in [0, 0.1) is 18.7 Å². The number of benzene rings is 2. The van der Waals surface area contributed by atoms with Crippen LogP contribution in [0.2, 0.25) is 0 Å². The number of carbonyl (C=O) groups is 1. The topological polar surface area (TPSA) is 38.3 Å². The maximum atomic E-state index is 14.2. The van der Waals surface area contributed by atoms with Crippen LogP contribution in [-0.4, -0.2) is 12.3 Å². The lowest BCUT2D eigenvalue weighted by Crippen LogP contribution is -2.12. The fraction of sp³-hybridized carbons (Fsp3) is 0.350. The van der Waals surface area contributed by atoms with Gasteiger partial charge in [0.15, 0.2) is 0 Å². The predicted molar refractivity (Wildman–Crippen MR) is 93.0 cm³/mol. The van der Waals surface area contributed by atoms with Gasteiger partial charge in [-0.2, -0.15) is 0 Å². The summed E-state index contributed by atoms with van der Waals surface area (Å²) in [5.74, 6) is 0.866. The number of hydrogen-bond donors (Lipinski definition) is 1. The lowest BCUT2D eigenvalue weighted by Gasteiger charge is -2.20. The molecule has 0 spiro atoms. The molecule has 3 rings (SSSR count). The third-order valence-corrected chi connectivity index (χ3v) is 4.36. The van der Waals surface area contributed by atoms with Crippen molar-refractivity contribution in [3.63, 3.8) is 0 Å². The molecule has 2 atom stereocenters.